The van der Waals surface area contributed by atoms with Crippen LogP contribution in [0.3, 0.4) is 0 Å². The molecule has 17 heavy (non-hydrogen) atoms. The Hall–Kier alpha value is -1.35. The first-order chi connectivity index (χ1) is 8.06. The molecule has 0 radical (unpaired) electrons. The summed E-state index contributed by atoms with van der Waals surface area (Å²) in [5, 5.41) is 7.36. The normalized spacial score (nSPS) is 25.1. The molecule has 0 bridgehead atoms. The lowest BCUT2D eigenvalue weighted by Gasteiger charge is -2.21. The van der Waals surface area contributed by atoms with E-state index >= 15 is 0 Å². The fraction of sp³-hybridized carbons (Fsp3) is 0.500. The number of nitrogens with zero attached hydrogens (tertiary/aromatic N) is 1. The molecule has 0 aliphatic carbocycles. The SMILES string of the molecule is CC1CC(C)N(Cc2ccc(C(=N)N)cc2)C1. The fourth-order valence-corrected chi connectivity index (χ4v) is 2.63. The number of likely N-dealkylation sites (tertiary alicyclic amines) is 1. The van der Waals surface area contributed by atoms with E-state index in [9.17, 15) is 0 Å². The van der Waals surface area contributed by atoms with Crippen LogP contribution in [0.1, 0.15) is 31.4 Å². The molecule has 1 aromatic carbocycles. The third-order valence-corrected chi connectivity index (χ3v) is 3.56. The fourth-order valence-electron chi connectivity index (χ4n) is 2.63. The lowest BCUT2D eigenvalue weighted by atomic mass is 10.1. The average Bonchev–Trinajstić information content (AvgIpc) is 2.58. The minimum absolute atomic E-state index is 0.139. The van der Waals surface area contributed by atoms with Crippen molar-refractivity contribution in [2.45, 2.75) is 32.9 Å². The molecule has 2 rings (SSSR count). The third-order valence-electron chi connectivity index (χ3n) is 3.56. The number of amidine groups is 1. The first kappa shape index (κ1) is 12.1. The van der Waals surface area contributed by atoms with Gasteiger partial charge in [-0.05, 0) is 24.8 Å². The van der Waals surface area contributed by atoms with Crippen LogP contribution in [-0.4, -0.2) is 23.3 Å². The van der Waals surface area contributed by atoms with Gasteiger partial charge in [0.1, 0.15) is 5.84 Å². The summed E-state index contributed by atoms with van der Waals surface area (Å²) in [5.41, 5.74) is 7.54. The zero-order valence-corrected chi connectivity index (χ0v) is 10.6. The Bertz CT molecular complexity index is 396. The molecule has 0 saturated carbocycles. The van der Waals surface area contributed by atoms with Crippen LogP contribution >= 0.6 is 0 Å². The van der Waals surface area contributed by atoms with Crippen LogP contribution in [0.5, 0.6) is 0 Å². The third kappa shape index (κ3) is 2.86. The maximum absolute atomic E-state index is 7.36. The zero-order chi connectivity index (χ0) is 12.4. The Kier molecular flexibility index (Phi) is 3.48. The van der Waals surface area contributed by atoms with E-state index in [0.29, 0.717) is 6.04 Å². The van der Waals surface area contributed by atoms with Crippen LogP contribution in [0.4, 0.5) is 0 Å². The molecule has 1 aliphatic rings. The molecule has 1 saturated heterocycles. The Balaban J connectivity index is 2.02. The zero-order valence-electron chi connectivity index (χ0n) is 10.6. The maximum Gasteiger partial charge on any atom is 0.122 e. The molecule has 1 fully saturated rings. The molecule has 2 atom stereocenters. The largest absolute Gasteiger partial charge is 0.384 e. The predicted octanol–water partition coefficient (Wildman–Crippen LogP) is 2.20. The highest BCUT2D eigenvalue weighted by Crippen LogP contribution is 2.24. The van der Waals surface area contributed by atoms with Crippen molar-refractivity contribution in [3.8, 4) is 0 Å². The Labute approximate surface area is 103 Å². The number of hydrogen-bond donors (Lipinski definition) is 2. The topological polar surface area (TPSA) is 53.1 Å². The summed E-state index contributed by atoms with van der Waals surface area (Å²) in [4.78, 5) is 2.52. The predicted molar refractivity (Wildman–Crippen MR) is 71.1 cm³/mol. The first-order valence-corrected chi connectivity index (χ1v) is 6.23. The van der Waals surface area contributed by atoms with E-state index in [4.69, 9.17) is 11.1 Å². The lowest BCUT2D eigenvalue weighted by Crippen LogP contribution is -2.26. The van der Waals surface area contributed by atoms with Gasteiger partial charge in [-0.25, -0.2) is 0 Å². The monoisotopic (exact) mass is 231 g/mol. The van der Waals surface area contributed by atoms with E-state index < -0.39 is 0 Å². The molecular weight excluding hydrogens is 210 g/mol. The van der Waals surface area contributed by atoms with Crippen molar-refractivity contribution in [1.82, 2.24) is 4.90 Å². The second-order valence-electron chi connectivity index (χ2n) is 5.23. The Morgan fingerprint density at radius 3 is 2.47 bits per heavy atom. The van der Waals surface area contributed by atoms with E-state index in [1.807, 2.05) is 12.1 Å². The summed E-state index contributed by atoms with van der Waals surface area (Å²) < 4.78 is 0. The molecule has 3 nitrogen and oxygen atoms in total. The smallest absolute Gasteiger partial charge is 0.122 e. The van der Waals surface area contributed by atoms with Gasteiger partial charge in [0.2, 0.25) is 0 Å². The van der Waals surface area contributed by atoms with Crippen molar-refractivity contribution in [3.05, 3.63) is 35.4 Å². The number of rotatable bonds is 3. The van der Waals surface area contributed by atoms with E-state index in [1.54, 1.807) is 0 Å². The summed E-state index contributed by atoms with van der Waals surface area (Å²) in [6.07, 6.45) is 1.30. The van der Waals surface area contributed by atoms with Crippen LogP contribution < -0.4 is 5.73 Å². The Morgan fingerprint density at radius 2 is 2.00 bits per heavy atom. The standard InChI is InChI=1S/C14H21N3/c1-10-7-11(2)17(8-10)9-12-3-5-13(6-4-12)14(15)16/h3-6,10-11H,7-9H2,1-2H3,(H3,15,16). The van der Waals surface area contributed by atoms with Gasteiger partial charge in [-0.3, -0.25) is 10.3 Å². The van der Waals surface area contributed by atoms with Gasteiger partial charge in [-0.2, -0.15) is 0 Å². The average molecular weight is 231 g/mol. The minimum atomic E-state index is 0.139. The van der Waals surface area contributed by atoms with Crippen molar-refractivity contribution in [1.29, 1.82) is 5.41 Å². The molecule has 0 aromatic heterocycles. The summed E-state index contributed by atoms with van der Waals surface area (Å²) in [6.45, 7) is 6.81. The first-order valence-electron chi connectivity index (χ1n) is 6.23. The van der Waals surface area contributed by atoms with Crippen LogP contribution in [0.15, 0.2) is 24.3 Å². The van der Waals surface area contributed by atoms with Gasteiger partial charge in [0.15, 0.2) is 0 Å². The molecule has 1 heterocycles. The van der Waals surface area contributed by atoms with Gasteiger partial charge in [0.05, 0.1) is 0 Å². The Morgan fingerprint density at radius 1 is 1.35 bits per heavy atom. The summed E-state index contributed by atoms with van der Waals surface area (Å²) in [6, 6.07) is 8.69. The minimum Gasteiger partial charge on any atom is -0.384 e. The summed E-state index contributed by atoms with van der Waals surface area (Å²) in [5.74, 6) is 0.946. The summed E-state index contributed by atoms with van der Waals surface area (Å²) >= 11 is 0. The highest BCUT2D eigenvalue weighted by Gasteiger charge is 2.25. The van der Waals surface area contributed by atoms with Gasteiger partial charge in [-0.1, -0.05) is 31.2 Å². The molecule has 3 N–H and O–H groups in total. The van der Waals surface area contributed by atoms with E-state index in [-0.39, 0.29) is 5.84 Å². The number of nitrogens with one attached hydrogen (secondary N) is 1. The molecule has 0 spiro atoms. The van der Waals surface area contributed by atoms with Gasteiger partial charge in [0, 0.05) is 24.7 Å². The van der Waals surface area contributed by atoms with E-state index in [2.05, 4.69) is 30.9 Å². The van der Waals surface area contributed by atoms with Crippen LogP contribution in [0, 0.1) is 11.3 Å². The van der Waals surface area contributed by atoms with Gasteiger partial charge in [0.25, 0.3) is 0 Å². The number of nitrogen functional groups attached to an aromatic ring is 1. The quantitative estimate of drug-likeness (QED) is 0.619. The van der Waals surface area contributed by atoms with Crippen molar-refractivity contribution >= 4 is 5.84 Å². The van der Waals surface area contributed by atoms with Gasteiger partial charge < -0.3 is 5.73 Å². The molecule has 2 unspecified atom stereocenters. The molecule has 1 aliphatic heterocycles. The van der Waals surface area contributed by atoms with Crippen molar-refractivity contribution < 1.29 is 0 Å². The van der Waals surface area contributed by atoms with Crippen molar-refractivity contribution in [2.75, 3.05) is 6.54 Å². The molecule has 1 aromatic rings. The highest BCUT2D eigenvalue weighted by atomic mass is 15.2. The molecule has 3 heteroatoms. The lowest BCUT2D eigenvalue weighted by molar-refractivity contribution is 0.256. The highest BCUT2D eigenvalue weighted by molar-refractivity contribution is 5.94. The number of nitrogens with two attached hydrogens (primary N) is 1. The molecular formula is C14H21N3. The second kappa shape index (κ2) is 4.88. The van der Waals surface area contributed by atoms with Crippen molar-refractivity contribution in [3.63, 3.8) is 0 Å². The van der Waals surface area contributed by atoms with Crippen LogP contribution in [0.25, 0.3) is 0 Å². The van der Waals surface area contributed by atoms with E-state index in [0.717, 1.165) is 18.0 Å². The van der Waals surface area contributed by atoms with Crippen LogP contribution in [0.2, 0.25) is 0 Å². The number of hydrogen-bond acceptors (Lipinski definition) is 2. The number of benzene rings is 1. The van der Waals surface area contributed by atoms with Gasteiger partial charge >= 0.3 is 0 Å². The van der Waals surface area contributed by atoms with Gasteiger partial charge in [-0.15, -0.1) is 0 Å². The molecule has 92 valence electrons. The second-order valence-corrected chi connectivity index (χ2v) is 5.23. The van der Waals surface area contributed by atoms with Crippen molar-refractivity contribution in [2.24, 2.45) is 11.7 Å². The summed E-state index contributed by atoms with van der Waals surface area (Å²) in [7, 11) is 0. The van der Waals surface area contributed by atoms with Crippen LogP contribution in [-0.2, 0) is 6.54 Å². The maximum atomic E-state index is 7.36. The molecule has 0 amide bonds. The van der Waals surface area contributed by atoms with E-state index in [1.165, 1.54) is 18.5 Å².